The van der Waals surface area contributed by atoms with Gasteiger partial charge in [0.25, 0.3) is 8.18 Å². The van der Waals surface area contributed by atoms with Crippen LogP contribution in [-0.2, 0) is 4.57 Å². The van der Waals surface area contributed by atoms with Crippen molar-refractivity contribution in [2.24, 2.45) is 0 Å². The number of carbonyl (C=O) groups is 1. The van der Waals surface area contributed by atoms with Gasteiger partial charge in [-0.15, -0.1) is 0 Å². The summed E-state index contributed by atoms with van der Waals surface area (Å²) in [6.45, 7) is 1.85. The molecule has 0 aromatic carbocycles. The SMILES string of the molecule is CCCN(C(=O)O)[PH](=O)O. The van der Waals surface area contributed by atoms with Crippen molar-refractivity contribution in [3.63, 3.8) is 0 Å². The van der Waals surface area contributed by atoms with E-state index in [-0.39, 0.29) is 6.54 Å². The zero-order valence-corrected chi connectivity index (χ0v) is 6.57. The highest BCUT2D eigenvalue weighted by molar-refractivity contribution is 7.36. The summed E-state index contributed by atoms with van der Waals surface area (Å²) in [5.41, 5.74) is 0. The van der Waals surface area contributed by atoms with Crippen LogP contribution in [0, 0.1) is 0 Å². The normalized spacial score (nSPS) is 12.6. The van der Waals surface area contributed by atoms with Gasteiger partial charge in [-0.3, -0.25) is 4.57 Å². The molecule has 0 aliphatic heterocycles. The Bertz CT molecular complexity index is 134. The molecule has 0 saturated carbocycles. The molecule has 0 aromatic rings. The molecular formula is C4H10NO4P. The average Bonchev–Trinajstić information content (AvgIpc) is 1.81. The summed E-state index contributed by atoms with van der Waals surface area (Å²) in [5, 5.41) is 8.27. The molecule has 0 saturated heterocycles. The van der Waals surface area contributed by atoms with E-state index in [2.05, 4.69) is 0 Å². The van der Waals surface area contributed by atoms with Crippen LogP contribution >= 0.6 is 8.18 Å². The minimum Gasteiger partial charge on any atom is -0.465 e. The maximum Gasteiger partial charge on any atom is 0.414 e. The van der Waals surface area contributed by atoms with E-state index in [1.54, 1.807) is 6.92 Å². The third-order valence-corrected chi connectivity index (χ3v) is 1.79. The molecule has 0 fully saturated rings. The predicted molar refractivity (Wildman–Crippen MR) is 36.2 cm³/mol. The minimum absolute atomic E-state index is 0.115. The van der Waals surface area contributed by atoms with Gasteiger partial charge in [0.2, 0.25) is 0 Å². The Kier molecular flexibility index (Phi) is 4.07. The fourth-order valence-electron chi connectivity index (χ4n) is 0.497. The molecule has 0 radical (unpaired) electrons. The number of amides is 1. The van der Waals surface area contributed by atoms with Crippen LogP contribution in [0.4, 0.5) is 4.79 Å². The zero-order chi connectivity index (χ0) is 8.15. The van der Waals surface area contributed by atoms with Crippen molar-refractivity contribution in [1.29, 1.82) is 0 Å². The van der Waals surface area contributed by atoms with Crippen molar-refractivity contribution >= 4 is 14.3 Å². The molecule has 0 bridgehead atoms. The Hall–Kier alpha value is -0.540. The molecule has 0 aliphatic carbocycles. The lowest BCUT2D eigenvalue weighted by molar-refractivity contribution is 0.169. The number of rotatable bonds is 3. The molecule has 0 heterocycles. The van der Waals surface area contributed by atoms with E-state index in [0.717, 1.165) is 0 Å². The van der Waals surface area contributed by atoms with E-state index < -0.39 is 14.3 Å². The highest BCUT2D eigenvalue weighted by atomic mass is 31.1. The molecular weight excluding hydrogens is 157 g/mol. The van der Waals surface area contributed by atoms with Gasteiger partial charge in [0, 0.05) is 6.54 Å². The summed E-state index contributed by atoms with van der Waals surface area (Å²) in [6, 6.07) is 0. The molecule has 2 N–H and O–H groups in total. The summed E-state index contributed by atoms with van der Waals surface area (Å²) < 4.78 is 10.8. The second-order valence-corrected chi connectivity index (χ2v) is 2.82. The van der Waals surface area contributed by atoms with Crippen LogP contribution in [0.2, 0.25) is 0 Å². The first-order valence-electron chi connectivity index (χ1n) is 2.83. The van der Waals surface area contributed by atoms with Gasteiger partial charge in [0.1, 0.15) is 0 Å². The molecule has 1 atom stereocenters. The maximum atomic E-state index is 10.3. The molecule has 60 valence electrons. The average molecular weight is 167 g/mol. The molecule has 0 spiro atoms. The number of nitrogens with zero attached hydrogens (tertiary/aromatic N) is 1. The summed E-state index contributed by atoms with van der Waals surface area (Å²) in [7, 11) is -3.05. The van der Waals surface area contributed by atoms with Crippen LogP contribution in [0.1, 0.15) is 13.3 Å². The lowest BCUT2D eigenvalue weighted by Crippen LogP contribution is -2.22. The highest BCUT2D eigenvalue weighted by Gasteiger charge is 2.13. The van der Waals surface area contributed by atoms with Crippen molar-refractivity contribution in [1.82, 2.24) is 4.67 Å². The fourth-order valence-corrected chi connectivity index (χ4v) is 1.08. The number of hydrogen-bond acceptors (Lipinski definition) is 2. The van der Waals surface area contributed by atoms with Crippen LogP contribution in [0.5, 0.6) is 0 Å². The van der Waals surface area contributed by atoms with Gasteiger partial charge in [-0.05, 0) is 6.42 Å². The zero-order valence-electron chi connectivity index (χ0n) is 5.57. The molecule has 1 unspecified atom stereocenters. The molecule has 6 heteroatoms. The summed E-state index contributed by atoms with van der Waals surface area (Å²) in [5.74, 6) is 0. The molecule has 0 aromatic heterocycles. The van der Waals surface area contributed by atoms with Crippen molar-refractivity contribution < 1.29 is 19.4 Å². The van der Waals surface area contributed by atoms with E-state index in [9.17, 15) is 9.36 Å². The summed E-state index contributed by atoms with van der Waals surface area (Å²) in [4.78, 5) is 18.5. The van der Waals surface area contributed by atoms with Gasteiger partial charge >= 0.3 is 6.09 Å². The molecule has 1 amide bonds. The fraction of sp³-hybridized carbons (Fsp3) is 0.750. The predicted octanol–water partition coefficient (Wildman–Crippen LogP) is 0.758. The van der Waals surface area contributed by atoms with Gasteiger partial charge in [0.05, 0.1) is 0 Å². The van der Waals surface area contributed by atoms with E-state index in [4.69, 9.17) is 10.00 Å². The first-order chi connectivity index (χ1) is 4.59. The minimum atomic E-state index is -3.05. The van der Waals surface area contributed by atoms with Gasteiger partial charge in [0.15, 0.2) is 0 Å². The number of hydrogen-bond donors (Lipinski definition) is 2. The summed E-state index contributed by atoms with van der Waals surface area (Å²) in [6.07, 6.45) is -0.795. The van der Waals surface area contributed by atoms with Crippen molar-refractivity contribution in [2.75, 3.05) is 6.54 Å². The Balaban J connectivity index is 3.98. The van der Waals surface area contributed by atoms with E-state index in [0.29, 0.717) is 11.1 Å². The van der Waals surface area contributed by atoms with Crippen molar-refractivity contribution in [3.8, 4) is 0 Å². The lowest BCUT2D eigenvalue weighted by atomic mass is 10.5. The van der Waals surface area contributed by atoms with Crippen LogP contribution in [0.25, 0.3) is 0 Å². The molecule has 0 rings (SSSR count). The van der Waals surface area contributed by atoms with Gasteiger partial charge < -0.3 is 10.00 Å². The van der Waals surface area contributed by atoms with Crippen LogP contribution < -0.4 is 0 Å². The van der Waals surface area contributed by atoms with Gasteiger partial charge in [-0.1, -0.05) is 6.92 Å². The van der Waals surface area contributed by atoms with Crippen molar-refractivity contribution in [2.45, 2.75) is 13.3 Å². The van der Waals surface area contributed by atoms with E-state index in [1.807, 2.05) is 0 Å². The standard InChI is InChI=1S/C4H10NO4P/c1-2-3-5(4(6)7)10(8)9/h10H,2-3H2,1H3,(H,6,7)(H,8,9). The van der Waals surface area contributed by atoms with E-state index in [1.165, 1.54) is 0 Å². The third kappa shape index (κ3) is 2.85. The smallest absolute Gasteiger partial charge is 0.414 e. The first-order valence-corrected chi connectivity index (χ1v) is 4.13. The largest absolute Gasteiger partial charge is 0.465 e. The first kappa shape index (κ1) is 9.46. The Morgan fingerprint density at radius 2 is 2.20 bits per heavy atom. The van der Waals surface area contributed by atoms with Gasteiger partial charge in [-0.25, -0.2) is 9.46 Å². The molecule has 0 aliphatic rings. The monoisotopic (exact) mass is 167 g/mol. The lowest BCUT2D eigenvalue weighted by Gasteiger charge is -2.12. The van der Waals surface area contributed by atoms with Crippen LogP contribution in [0.15, 0.2) is 0 Å². The quantitative estimate of drug-likeness (QED) is 0.608. The second-order valence-electron chi connectivity index (χ2n) is 1.72. The Labute approximate surface area is 59.2 Å². The van der Waals surface area contributed by atoms with Gasteiger partial charge in [-0.2, -0.15) is 0 Å². The topological polar surface area (TPSA) is 77.8 Å². The maximum absolute atomic E-state index is 10.3. The van der Waals surface area contributed by atoms with Crippen LogP contribution in [-0.4, -0.2) is 27.3 Å². The Morgan fingerprint density at radius 1 is 1.70 bits per heavy atom. The molecule has 10 heavy (non-hydrogen) atoms. The van der Waals surface area contributed by atoms with Crippen LogP contribution in [0.3, 0.4) is 0 Å². The highest BCUT2D eigenvalue weighted by Crippen LogP contribution is 2.20. The second kappa shape index (κ2) is 4.30. The van der Waals surface area contributed by atoms with Crippen molar-refractivity contribution in [3.05, 3.63) is 0 Å². The van der Waals surface area contributed by atoms with E-state index >= 15 is 0 Å². The molecule has 5 nitrogen and oxygen atoms in total. The number of carboxylic acid groups (broad SMARTS) is 1. The third-order valence-electron chi connectivity index (χ3n) is 0.909. The Morgan fingerprint density at radius 3 is 2.30 bits per heavy atom. The summed E-state index contributed by atoms with van der Waals surface area (Å²) >= 11 is 0.